The molecule has 0 spiro atoms. The van der Waals surface area contributed by atoms with Crippen molar-refractivity contribution in [3.63, 3.8) is 0 Å². The predicted octanol–water partition coefficient (Wildman–Crippen LogP) is 6.35. The third kappa shape index (κ3) is 3.35. The SMILES string of the molecule is O=C1c2ccccc2S(=O)(=O)c2ccc(-c3ccc(N4c5ccccc5S(=O)(=O)c5ccccc54)cc3)cc21. The summed E-state index contributed by atoms with van der Waals surface area (Å²) in [5.41, 5.74) is 3.70. The van der Waals surface area contributed by atoms with Crippen LogP contribution >= 0.6 is 0 Å². The monoisotopic (exact) mass is 549 g/mol. The van der Waals surface area contributed by atoms with Crippen molar-refractivity contribution in [3.8, 4) is 11.1 Å². The van der Waals surface area contributed by atoms with Crippen LogP contribution in [-0.2, 0) is 19.7 Å². The van der Waals surface area contributed by atoms with Gasteiger partial charge in [0.2, 0.25) is 19.7 Å². The summed E-state index contributed by atoms with van der Waals surface area (Å²) >= 11 is 0. The summed E-state index contributed by atoms with van der Waals surface area (Å²) in [5.74, 6) is -0.323. The van der Waals surface area contributed by atoms with Gasteiger partial charge in [-0.2, -0.15) is 0 Å². The number of hydrogen-bond donors (Lipinski definition) is 0. The third-order valence-electron chi connectivity index (χ3n) is 7.19. The second-order valence-electron chi connectivity index (χ2n) is 9.36. The first-order valence-corrected chi connectivity index (χ1v) is 15.1. The summed E-state index contributed by atoms with van der Waals surface area (Å²) in [5, 5.41) is 0. The van der Waals surface area contributed by atoms with Crippen LogP contribution in [0.1, 0.15) is 15.9 Å². The molecule has 190 valence electrons. The van der Waals surface area contributed by atoms with Gasteiger partial charge in [-0.05, 0) is 71.8 Å². The molecule has 8 heteroatoms. The molecule has 0 unspecified atom stereocenters. The van der Waals surface area contributed by atoms with Gasteiger partial charge in [0.05, 0.1) is 31.0 Å². The molecule has 2 aliphatic rings. The molecule has 5 aromatic rings. The summed E-state index contributed by atoms with van der Waals surface area (Å²) < 4.78 is 52.9. The van der Waals surface area contributed by atoms with Crippen molar-refractivity contribution in [1.82, 2.24) is 0 Å². The Hall–Kier alpha value is -4.53. The molecular weight excluding hydrogens is 530 g/mol. The zero-order valence-corrected chi connectivity index (χ0v) is 21.9. The molecule has 0 aliphatic carbocycles. The maximum Gasteiger partial charge on any atom is 0.210 e. The first-order chi connectivity index (χ1) is 18.8. The Bertz CT molecular complexity index is 2010. The summed E-state index contributed by atoms with van der Waals surface area (Å²) in [4.78, 5) is 15.6. The van der Waals surface area contributed by atoms with Gasteiger partial charge < -0.3 is 4.90 Å². The topological polar surface area (TPSA) is 88.6 Å². The molecule has 6 nitrogen and oxygen atoms in total. The molecule has 0 fully saturated rings. The molecule has 2 aliphatic heterocycles. The molecule has 0 atom stereocenters. The van der Waals surface area contributed by atoms with Crippen LogP contribution in [0.5, 0.6) is 0 Å². The van der Waals surface area contributed by atoms with Gasteiger partial charge in [0.15, 0.2) is 5.78 Å². The number of hydrogen-bond acceptors (Lipinski definition) is 6. The number of para-hydroxylation sites is 2. The van der Waals surface area contributed by atoms with Gasteiger partial charge in [0, 0.05) is 16.8 Å². The second-order valence-corrected chi connectivity index (χ2v) is 13.1. The van der Waals surface area contributed by atoms with Gasteiger partial charge in [-0.15, -0.1) is 0 Å². The van der Waals surface area contributed by atoms with Crippen molar-refractivity contribution in [3.05, 3.63) is 126 Å². The number of carbonyl (C=O) groups excluding carboxylic acids is 1. The van der Waals surface area contributed by atoms with Crippen molar-refractivity contribution in [2.75, 3.05) is 4.90 Å². The second kappa shape index (κ2) is 8.23. The van der Waals surface area contributed by atoms with Crippen LogP contribution in [0, 0.1) is 0 Å². The van der Waals surface area contributed by atoms with E-state index < -0.39 is 19.7 Å². The Morgan fingerprint density at radius 1 is 0.462 bits per heavy atom. The van der Waals surface area contributed by atoms with E-state index in [9.17, 15) is 21.6 Å². The Balaban J connectivity index is 1.32. The first kappa shape index (κ1) is 23.6. The highest BCUT2D eigenvalue weighted by Crippen LogP contribution is 2.48. The van der Waals surface area contributed by atoms with Crippen molar-refractivity contribution in [2.24, 2.45) is 0 Å². The Morgan fingerprint density at radius 3 is 1.59 bits per heavy atom. The molecule has 0 N–H and O–H groups in total. The lowest BCUT2D eigenvalue weighted by Gasteiger charge is -2.33. The van der Waals surface area contributed by atoms with Crippen molar-refractivity contribution < 1.29 is 21.6 Å². The van der Waals surface area contributed by atoms with Crippen LogP contribution in [-0.4, -0.2) is 22.6 Å². The fourth-order valence-electron chi connectivity index (χ4n) is 5.34. The molecule has 0 bridgehead atoms. The molecule has 7 rings (SSSR count). The number of sulfone groups is 2. The first-order valence-electron chi connectivity index (χ1n) is 12.1. The lowest BCUT2D eigenvalue weighted by Crippen LogP contribution is -2.22. The number of nitrogens with zero attached hydrogens (tertiary/aromatic N) is 1. The van der Waals surface area contributed by atoms with Crippen molar-refractivity contribution in [1.29, 1.82) is 0 Å². The van der Waals surface area contributed by atoms with Gasteiger partial charge in [0.25, 0.3) is 0 Å². The van der Waals surface area contributed by atoms with Gasteiger partial charge >= 0.3 is 0 Å². The summed E-state index contributed by atoms with van der Waals surface area (Å²) in [7, 11) is -7.46. The molecule has 0 amide bonds. The lowest BCUT2D eigenvalue weighted by molar-refractivity contribution is 0.103. The highest BCUT2D eigenvalue weighted by molar-refractivity contribution is 7.92. The van der Waals surface area contributed by atoms with E-state index in [1.54, 1.807) is 72.8 Å². The van der Waals surface area contributed by atoms with E-state index in [-0.39, 0.29) is 36.5 Å². The smallest absolute Gasteiger partial charge is 0.210 e. The third-order valence-corrected chi connectivity index (χ3v) is 10.9. The van der Waals surface area contributed by atoms with Crippen LogP contribution in [0.4, 0.5) is 17.1 Å². The van der Waals surface area contributed by atoms with Crippen LogP contribution in [0.15, 0.2) is 135 Å². The minimum atomic E-state index is -3.80. The van der Waals surface area contributed by atoms with E-state index in [2.05, 4.69) is 0 Å². The molecule has 0 saturated carbocycles. The maximum absolute atomic E-state index is 13.3. The van der Waals surface area contributed by atoms with E-state index in [1.807, 2.05) is 29.2 Å². The molecule has 39 heavy (non-hydrogen) atoms. The molecule has 0 radical (unpaired) electrons. The molecule has 0 aromatic heterocycles. The highest BCUT2D eigenvalue weighted by Gasteiger charge is 2.36. The van der Waals surface area contributed by atoms with E-state index in [4.69, 9.17) is 0 Å². The quantitative estimate of drug-likeness (QED) is 0.250. The number of rotatable bonds is 2. The fourth-order valence-corrected chi connectivity index (χ4v) is 8.60. The highest BCUT2D eigenvalue weighted by atomic mass is 32.2. The van der Waals surface area contributed by atoms with Crippen LogP contribution in [0.3, 0.4) is 0 Å². The maximum atomic E-state index is 13.3. The Kier molecular flexibility index (Phi) is 4.98. The van der Waals surface area contributed by atoms with E-state index >= 15 is 0 Å². The Labute approximate surface area is 225 Å². The van der Waals surface area contributed by atoms with Crippen LogP contribution in [0.25, 0.3) is 11.1 Å². The molecule has 5 aromatic carbocycles. The lowest BCUT2D eigenvalue weighted by atomic mass is 9.97. The zero-order chi connectivity index (χ0) is 26.9. The minimum absolute atomic E-state index is 0.00862. The van der Waals surface area contributed by atoms with E-state index in [0.29, 0.717) is 16.9 Å². The fraction of sp³-hybridized carbons (Fsp3) is 0. The summed E-state index contributed by atoms with van der Waals surface area (Å²) in [6.45, 7) is 0. The van der Waals surface area contributed by atoms with Crippen LogP contribution < -0.4 is 4.90 Å². The van der Waals surface area contributed by atoms with Gasteiger partial charge in [-0.25, -0.2) is 16.8 Å². The van der Waals surface area contributed by atoms with Crippen molar-refractivity contribution >= 4 is 42.5 Å². The number of benzene rings is 5. The normalized spacial score (nSPS) is 16.0. The minimum Gasteiger partial charge on any atom is -0.308 e. The summed E-state index contributed by atoms with van der Waals surface area (Å²) in [6, 6.07) is 32.4. The van der Waals surface area contributed by atoms with Gasteiger partial charge in [-0.1, -0.05) is 54.6 Å². The molecule has 0 saturated heterocycles. The predicted molar refractivity (Wildman–Crippen MR) is 147 cm³/mol. The average molecular weight is 550 g/mol. The number of carbonyl (C=O) groups is 1. The summed E-state index contributed by atoms with van der Waals surface area (Å²) in [6.07, 6.45) is 0. The Morgan fingerprint density at radius 2 is 0.949 bits per heavy atom. The zero-order valence-electron chi connectivity index (χ0n) is 20.3. The van der Waals surface area contributed by atoms with Crippen molar-refractivity contribution in [2.45, 2.75) is 19.6 Å². The largest absolute Gasteiger partial charge is 0.308 e. The number of fused-ring (bicyclic) bond motifs is 4. The van der Waals surface area contributed by atoms with E-state index in [0.717, 1.165) is 11.3 Å². The van der Waals surface area contributed by atoms with Gasteiger partial charge in [0.1, 0.15) is 0 Å². The average Bonchev–Trinajstić information content (AvgIpc) is 2.96. The van der Waals surface area contributed by atoms with Gasteiger partial charge in [-0.3, -0.25) is 4.79 Å². The molecular formula is C31H19NO5S2. The van der Waals surface area contributed by atoms with Crippen LogP contribution in [0.2, 0.25) is 0 Å². The van der Waals surface area contributed by atoms with E-state index in [1.165, 1.54) is 18.2 Å². The number of anilines is 3. The number of ketones is 1. The molecule has 2 heterocycles. The standard InChI is InChI=1S/C31H19NO5S2/c33-31-23-7-1-4-10-27(23)38(34,35)28-18-15-21(19-24(28)31)20-13-16-22(17-14-20)32-25-8-2-5-11-29(25)39(36,37)30-12-6-3-9-26(30)32/h1-19H.